The molecule has 3 N–H and O–H groups in total. The molecule has 0 aliphatic carbocycles. The minimum Gasteiger partial charge on any atom is -0.503 e. The van der Waals surface area contributed by atoms with Gasteiger partial charge in [0.05, 0.1) is 0 Å². The average molecular weight is 274 g/mol. The fourth-order valence-electron chi connectivity index (χ4n) is 2.10. The first-order chi connectivity index (χ1) is 9.61. The normalized spacial score (nSPS) is 12.1. The molecule has 1 aromatic heterocycles. The van der Waals surface area contributed by atoms with E-state index in [9.17, 15) is 20.1 Å². The second-order valence-corrected chi connectivity index (χ2v) is 4.49. The number of hydrogen-bond acceptors (Lipinski definition) is 3. The molecule has 104 valence electrons. The van der Waals surface area contributed by atoms with Gasteiger partial charge in [-0.3, -0.25) is 0 Å². The molecular formula is C15H16NO4+. The molecule has 1 unspecified atom stereocenters. The van der Waals surface area contributed by atoms with E-state index in [2.05, 4.69) is 0 Å². The number of carbonyl (C=O) groups is 1. The number of carboxylic acids is 1. The third-order valence-corrected chi connectivity index (χ3v) is 3.10. The van der Waals surface area contributed by atoms with Crippen molar-refractivity contribution in [3.8, 4) is 5.75 Å². The monoisotopic (exact) mass is 274 g/mol. The largest absolute Gasteiger partial charge is 0.503 e. The van der Waals surface area contributed by atoms with E-state index in [1.807, 2.05) is 30.3 Å². The van der Waals surface area contributed by atoms with Gasteiger partial charge < -0.3 is 15.3 Å². The van der Waals surface area contributed by atoms with Gasteiger partial charge in [-0.1, -0.05) is 30.3 Å². The van der Waals surface area contributed by atoms with E-state index in [-0.39, 0.29) is 18.8 Å². The summed E-state index contributed by atoms with van der Waals surface area (Å²) >= 11 is 0. The van der Waals surface area contributed by atoms with E-state index in [1.54, 1.807) is 0 Å². The van der Waals surface area contributed by atoms with Gasteiger partial charge in [-0.2, -0.15) is 4.57 Å². The Morgan fingerprint density at radius 1 is 1.15 bits per heavy atom. The van der Waals surface area contributed by atoms with Crippen molar-refractivity contribution in [3.63, 3.8) is 0 Å². The summed E-state index contributed by atoms with van der Waals surface area (Å²) in [5, 5.41) is 28.3. The van der Waals surface area contributed by atoms with E-state index in [0.717, 1.165) is 5.56 Å². The van der Waals surface area contributed by atoms with Crippen molar-refractivity contribution in [2.24, 2.45) is 0 Å². The maximum atomic E-state index is 11.5. The number of hydrogen-bond donors (Lipinski definition) is 3. The number of aliphatic hydroxyl groups excluding tert-OH is 1. The molecule has 0 spiro atoms. The summed E-state index contributed by atoms with van der Waals surface area (Å²) in [6, 6.07) is 11.3. The molecule has 0 bridgehead atoms. The highest BCUT2D eigenvalue weighted by molar-refractivity contribution is 5.70. The van der Waals surface area contributed by atoms with Gasteiger partial charge in [0.2, 0.25) is 11.9 Å². The number of aliphatic carboxylic acids is 1. The van der Waals surface area contributed by atoms with Gasteiger partial charge in [0.1, 0.15) is 6.61 Å². The highest BCUT2D eigenvalue weighted by Gasteiger charge is 2.30. The van der Waals surface area contributed by atoms with E-state index in [1.165, 1.54) is 22.9 Å². The molecule has 1 heterocycles. The fourth-order valence-corrected chi connectivity index (χ4v) is 2.10. The molecule has 0 radical (unpaired) electrons. The number of pyridine rings is 1. The van der Waals surface area contributed by atoms with Crippen LogP contribution in [-0.2, 0) is 17.8 Å². The van der Waals surface area contributed by atoms with Crippen molar-refractivity contribution >= 4 is 5.97 Å². The van der Waals surface area contributed by atoms with Crippen molar-refractivity contribution < 1.29 is 24.7 Å². The lowest BCUT2D eigenvalue weighted by Crippen LogP contribution is -2.48. The first-order valence-electron chi connectivity index (χ1n) is 6.22. The highest BCUT2D eigenvalue weighted by atomic mass is 16.4. The summed E-state index contributed by atoms with van der Waals surface area (Å²) in [5.41, 5.74) is 1.31. The van der Waals surface area contributed by atoms with Crippen LogP contribution in [-0.4, -0.2) is 21.3 Å². The molecule has 2 rings (SSSR count). The van der Waals surface area contributed by atoms with Crippen LogP contribution < -0.4 is 4.57 Å². The van der Waals surface area contributed by atoms with Crippen LogP contribution in [0.15, 0.2) is 48.7 Å². The Labute approximate surface area is 116 Å². The van der Waals surface area contributed by atoms with Gasteiger partial charge in [0, 0.05) is 12.5 Å². The maximum Gasteiger partial charge on any atom is 0.373 e. The molecular weight excluding hydrogens is 258 g/mol. The third kappa shape index (κ3) is 3.13. The predicted molar refractivity (Wildman–Crippen MR) is 71.0 cm³/mol. The van der Waals surface area contributed by atoms with Crippen LogP contribution in [0.25, 0.3) is 0 Å². The van der Waals surface area contributed by atoms with Crippen LogP contribution in [0.1, 0.15) is 17.3 Å². The molecule has 2 aromatic rings. The summed E-state index contributed by atoms with van der Waals surface area (Å²) in [5.74, 6) is -1.05. The van der Waals surface area contributed by atoms with Gasteiger partial charge in [-0.15, -0.1) is 0 Å². The molecule has 0 fully saturated rings. The van der Waals surface area contributed by atoms with Crippen LogP contribution in [0.5, 0.6) is 5.75 Å². The first kappa shape index (κ1) is 14.0. The standard InChI is InChI=1S/C15H15NO4/c17-10-12-6-7-13(18)9-16(12)14(15(19)20)8-11-4-2-1-3-5-11/h1-7,9,14,17H,8,10H2,(H-,18,19,20)/p+1. The summed E-state index contributed by atoms with van der Waals surface area (Å²) in [6.45, 7) is -0.293. The SMILES string of the molecule is O=C(O)C(Cc1ccccc1)[n+]1cc(O)ccc1CO. The fraction of sp³-hybridized carbons (Fsp3) is 0.200. The Balaban J connectivity index is 2.38. The summed E-state index contributed by atoms with van der Waals surface area (Å²) < 4.78 is 1.39. The van der Waals surface area contributed by atoms with Crippen LogP contribution in [0.3, 0.4) is 0 Å². The zero-order valence-electron chi connectivity index (χ0n) is 10.8. The zero-order valence-corrected chi connectivity index (χ0v) is 10.8. The number of rotatable bonds is 5. The number of aromatic hydroxyl groups is 1. The van der Waals surface area contributed by atoms with E-state index < -0.39 is 12.0 Å². The predicted octanol–water partition coefficient (Wildman–Crippen LogP) is 1.04. The van der Waals surface area contributed by atoms with E-state index >= 15 is 0 Å². The Morgan fingerprint density at radius 3 is 2.45 bits per heavy atom. The Morgan fingerprint density at radius 2 is 1.85 bits per heavy atom. The zero-order chi connectivity index (χ0) is 14.5. The van der Waals surface area contributed by atoms with Crippen LogP contribution in [0, 0.1) is 0 Å². The molecule has 0 aliphatic rings. The van der Waals surface area contributed by atoms with Gasteiger partial charge in [-0.25, -0.2) is 4.79 Å². The maximum absolute atomic E-state index is 11.5. The lowest BCUT2D eigenvalue weighted by molar-refractivity contribution is -0.719. The number of nitrogens with zero attached hydrogens (tertiary/aromatic N) is 1. The molecule has 5 heteroatoms. The molecule has 0 amide bonds. The first-order valence-corrected chi connectivity index (χ1v) is 6.22. The summed E-state index contributed by atoms with van der Waals surface area (Å²) in [6.07, 6.45) is 1.60. The van der Waals surface area contributed by atoms with Crippen LogP contribution in [0.2, 0.25) is 0 Å². The number of aliphatic hydroxyl groups is 1. The Hall–Kier alpha value is -2.40. The highest BCUT2D eigenvalue weighted by Crippen LogP contribution is 2.13. The summed E-state index contributed by atoms with van der Waals surface area (Å²) in [7, 11) is 0. The number of aromatic nitrogens is 1. The molecule has 0 saturated heterocycles. The molecule has 5 nitrogen and oxygen atoms in total. The second kappa shape index (κ2) is 6.16. The lowest BCUT2D eigenvalue weighted by atomic mass is 10.1. The summed E-state index contributed by atoms with van der Waals surface area (Å²) in [4.78, 5) is 11.5. The van der Waals surface area contributed by atoms with Crippen molar-refractivity contribution in [3.05, 3.63) is 59.9 Å². The topological polar surface area (TPSA) is 81.6 Å². The van der Waals surface area contributed by atoms with Crippen molar-refractivity contribution in [1.29, 1.82) is 0 Å². The average Bonchev–Trinajstić information content (AvgIpc) is 2.45. The van der Waals surface area contributed by atoms with E-state index in [4.69, 9.17) is 0 Å². The van der Waals surface area contributed by atoms with Crippen LogP contribution >= 0.6 is 0 Å². The van der Waals surface area contributed by atoms with Crippen molar-refractivity contribution in [1.82, 2.24) is 0 Å². The van der Waals surface area contributed by atoms with Gasteiger partial charge in [-0.05, 0) is 11.6 Å². The third-order valence-electron chi connectivity index (χ3n) is 3.10. The van der Waals surface area contributed by atoms with Gasteiger partial charge in [0.15, 0.2) is 5.75 Å². The quantitative estimate of drug-likeness (QED) is 0.712. The lowest BCUT2D eigenvalue weighted by Gasteiger charge is -2.11. The Bertz CT molecular complexity index is 598. The molecule has 0 saturated carbocycles. The molecule has 20 heavy (non-hydrogen) atoms. The molecule has 1 aromatic carbocycles. The number of benzene rings is 1. The van der Waals surface area contributed by atoms with Gasteiger partial charge in [0.25, 0.3) is 6.04 Å². The smallest absolute Gasteiger partial charge is 0.373 e. The number of carboxylic acid groups (broad SMARTS) is 1. The molecule has 1 atom stereocenters. The van der Waals surface area contributed by atoms with Crippen molar-refractivity contribution in [2.45, 2.75) is 19.1 Å². The molecule has 0 aliphatic heterocycles. The minimum atomic E-state index is -1.01. The van der Waals surface area contributed by atoms with E-state index in [0.29, 0.717) is 5.69 Å². The van der Waals surface area contributed by atoms with Crippen LogP contribution in [0.4, 0.5) is 0 Å². The second-order valence-electron chi connectivity index (χ2n) is 4.49. The Kier molecular flexibility index (Phi) is 4.32. The minimum absolute atomic E-state index is 0.0403. The van der Waals surface area contributed by atoms with Gasteiger partial charge >= 0.3 is 5.97 Å². The van der Waals surface area contributed by atoms with Crippen molar-refractivity contribution in [2.75, 3.05) is 0 Å².